The molecule has 1 aromatic heterocycles. The number of nitrogens with zero attached hydrogens (tertiary/aromatic N) is 2. The molecule has 0 amide bonds. The summed E-state index contributed by atoms with van der Waals surface area (Å²) >= 11 is 0. The molecule has 0 aromatic carbocycles. The average molecular weight is 238 g/mol. The summed E-state index contributed by atoms with van der Waals surface area (Å²) < 4.78 is 5.33. The van der Waals surface area contributed by atoms with Crippen molar-refractivity contribution in [2.45, 2.75) is 64.4 Å². The van der Waals surface area contributed by atoms with Crippen LogP contribution in [-0.2, 0) is 6.42 Å². The number of hydrogen-bond donors (Lipinski definition) is 1. The molecule has 0 saturated heterocycles. The van der Waals surface area contributed by atoms with Crippen molar-refractivity contribution >= 4 is 0 Å². The lowest BCUT2D eigenvalue weighted by molar-refractivity contribution is 0.116. The molecule has 1 heterocycles. The van der Waals surface area contributed by atoms with Crippen LogP contribution in [0.25, 0.3) is 0 Å². The van der Waals surface area contributed by atoms with Gasteiger partial charge in [-0.05, 0) is 38.0 Å². The van der Waals surface area contributed by atoms with Crippen LogP contribution in [0.4, 0.5) is 0 Å². The first-order chi connectivity index (χ1) is 8.15. The minimum atomic E-state index is -0.130. The number of aliphatic hydroxyl groups is 1. The van der Waals surface area contributed by atoms with Gasteiger partial charge in [-0.25, -0.2) is 0 Å². The van der Waals surface area contributed by atoms with Gasteiger partial charge in [-0.2, -0.15) is 4.98 Å². The molecule has 4 heteroatoms. The molecule has 0 bridgehead atoms. The van der Waals surface area contributed by atoms with E-state index in [1.807, 2.05) is 0 Å². The Bertz CT molecular complexity index is 341. The van der Waals surface area contributed by atoms with E-state index in [1.165, 1.54) is 0 Å². The van der Waals surface area contributed by atoms with Crippen LogP contribution >= 0.6 is 0 Å². The van der Waals surface area contributed by atoms with E-state index in [9.17, 15) is 5.11 Å². The Kier molecular flexibility index (Phi) is 4.15. The highest BCUT2D eigenvalue weighted by Gasteiger charge is 2.25. The monoisotopic (exact) mass is 238 g/mol. The van der Waals surface area contributed by atoms with E-state index in [0.29, 0.717) is 11.8 Å². The second kappa shape index (κ2) is 5.63. The van der Waals surface area contributed by atoms with E-state index in [-0.39, 0.29) is 6.10 Å². The van der Waals surface area contributed by atoms with E-state index in [0.717, 1.165) is 50.2 Å². The highest BCUT2D eigenvalue weighted by molar-refractivity contribution is 4.96. The van der Waals surface area contributed by atoms with Crippen molar-refractivity contribution in [1.82, 2.24) is 10.1 Å². The van der Waals surface area contributed by atoms with Crippen LogP contribution in [0.5, 0.6) is 0 Å². The van der Waals surface area contributed by atoms with Gasteiger partial charge in [-0.3, -0.25) is 0 Å². The summed E-state index contributed by atoms with van der Waals surface area (Å²) in [6, 6.07) is 0. The SMILES string of the molecule is CC(C)CCc1noc(C2CCC(O)CC2)n1. The van der Waals surface area contributed by atoms with Crippen molar-refractivity contribution in [1.29, 1.82) is 0 Å². The topological polar surface area (TPSA) is 59.2 Å². The zero-order valence-electron chi connectivity index (χ0n) is 10.7. The van der Waals surface area contributed by atoms with Gasteiger partial charge in [0.25, 0.3) is 0 Å². The minimum Gasteiger partial charge on any atom is -0.393 e. The predicted molar refractivity (Wildman–Crippen MR) is 64.7 cm³/mol. The van der Waals surface area contributed by atoms with Gasteiger partial charge >= 0.3 is 0 Å². The molecular weight excluding hydrogens is 216 g/mol. The van der Waals surface area contributed by atoms with Crippen LogP contribution in [-0.4, -0.2) is 21.4 Å². The Morgan fingerprint density at radius 2 is 2.00 bits per heavy atom. The molecule has 1 saturated carbocycles. The van der Waals surface area contributed by atoms with Gasteiger partial charge < -0.3 is 9.63 Å². The molecule has 0 spiro atoms. The van der Waals surface area contributed by atoms with Crippen molar-refractivity contribution in [2.24, 2.45) is 5.92 Å². The molecule has 1 aliphatic rings. The fourth-order valence-electron chi connectivity index (χ4n) is 2.28. The fourth-order valence-corrected chi connectivity index (χ4v) is 2.28. The smallest absolute Gasteiger partial charge is 0.229 e. The summed E-state index contributed by atoms with van der Waals surface area (Å²) in [5.41, 5.74) is 0. The van der Waals surface area contributed by atoms with Gasteiger partial charge in [0, 0.05) is 12.3 Å². The van der Waals surface area contributed by atoms with Gasteiger partial charge in [0.05, 0.1) is 6.10 Å². The summed E-state index contributed by atoms with van der Waals surface area (Å²) in [4.78, 5) is 4.47. The lowest BCUT2D eigenvalue weighted by atomic mass is 9.87. The lowest BCUT2D eigenvalue weighted by Crippen LogP contribution is -2.17. The van der Waals surface area contributed by atoms with Crippen LogP contribution in [0, 0.1) is 5.92 Å². The number of hydrogen-bond acceptors (Lipinski definition) is 4. The molecule has 1 aliphatic carbocycles. The standard InChI is InChI=1S/C13H22N2O2/c1-9(2)3-8-12-14-13(17-15-12)10-4-6-11(16)7-5-10/h9-11,16H,3-8H2,1-2H3. The molecule has 4 nitrogen and oxygen atoms in total. The summed E-state index contributed by atoms with van der Waals surface area (Å²) in [5.74, 6) is 2.64. The molecule has 0 radical (unpaired) electrons. The van der Waals surface area contributed by atoms with Crippen LogP contribution in [0.1, 0.15) is 63.6 Å². The largest absolute Gasteiger partial charge is 0.393 e. The van der Waals surface area contributed by atoms with Gasteiger partial charge in [0.15, 0.2) is 5.82 Å². The molecule has 1 aromatic rings. The molecule has 0 aliphatic heterocycles. The van der Waals surface area contributed by atoms with Gasteiger partial charge in [0.2, 0.25) is 5.89 Å². The maximum Gasteiger partial charge on any atom is 0.229 e. The summed E-state index contributed by atoms with van der Waals surface area (Å²) in [6.07, 6.45) is 5.51. The van der Waals surface area contributed by atoms with E-state index >= 15 is 0 Å². The average Bonchev–Trinajstić information content (AvgIpc) is 2.76. The van der Waals surface area contributed by atoms with Crippen molar-refractivity contribution in [3.63, 3.8) is 0 Å². The van der Waals surface area contributed by atoms with Crippen molar-refractivity contribution in [2.75, 3.05) is 0 Å². The minimum absolute atomic E-state index is 0.130. The lowest BCUT2D eigenvalue weighted by Gasteiger charge is -2.22. The third-order valence-corrected chi connectivity index (χ3v) is 3.48. The van der Waals surface area contributed by atoms with Gasteiger partial charge in [0.1, 0.15) is 0 Å². The van der Waals surface area contributed by atoms with Crippen molar-refractivity contribution < 1.29 is 9.63 Å². The molecule has 96 valence electrons. The zero-order chi connectivity index (χ0) is 12.3. The normalized spacial score (nSPS) is 25.4. The molecule has 0 unspecified atom stereocenters. The van der Waals surface area contributed by atoms with E-state index in [1.54, 1.807) is 0 Å². The van der Waals surface area contributed by atoms with E-state index in [4.69, 9.17) is 4.52 Å². The number of aromatic nitrogens is 2. The first-order valence-corrected chi connectivity index (χ1v) is 6.65. The Morgan fingerprint density at radius 1 is 1.29 bits per heavy atom. The molecule has 1 fully saturated rings. The predicted octanol–water partition coefficient (Wildman–Crippen LogP) is 2.68. The van der Waals surface area contributed by atoms with Crippen LogP contribution < -0.4 is 0 Å². The number of aliphatic hydroxyl groups excluding tert-OH is 1. The second-order valence-corrected chi connectivity index (χ2v) is 5.49. The molecular formula is C13H22N2O2. The number of rotatable bonds is 4. The maximum absolute atomic E-state index is 9.46. The van der Waals surface area contributed by atoms with E-state index in [2.05, 4.69) is 24.0 Å². The molecule has 1 N–H and O–H groups in total. The van der Waals surface area contributed by atoms with E-state index < -0.39 is 0 Å². The highest BCUT2D eigenvalue weighted by Crippen LogP contribution is 2.31. The van der Waals surface area contributed by atoms with Crippen molar-refractivity contribution in [3.05, 3.63) is 11.7 Å². The first-order valence-electron chi connectivity index (χ1n) is 6.65. The maximum atomic E-state index is 9.46. The third-order valence-electron chi connectivity index (χ3n) is 3.48. The molecule has 0 atom stereocenters. The number of aryl methyl sites for hydroxylation is 1. The Balaban J connectivity index is 1.89. The molecule has 2 rings (SSSR count). The Hall–Kier alpha value is -0.900. The fraction of sp³-hybridized carbons (Fsp3) is 0.846. The molecule has 17 heavy (non-hydrogen) atoms. The Labute approximate surface area is 102 Å². The summed E-state index contributed by atoms with van der Waals surface area (Å²) in [7, 11) is 0. The second-order valence-electron chi connectivity index (χ2n) is 5.49. The quantitative estimate of drug-likeness (QED) is 0.876. The van der Waals surface area contributed by atoms with Crippen LogP contribution in [0.2, 0.25) is 0 Å². The van der Waals surface area contributed by atoms with Crippen LogP contribution in [0.15, 0.2) is 4.52 Å². The van der Waals surface area contributed by atoms with Gasteiger partial charge in [-0.15, -0.1) is 0 Å². The zero-order valence-corrected chi connectivity index (χ0v) is 10.7. The van der Waals surface area contributed by atoms with Crippen molar-refractivity contribution in [3.8, 4) is 0 Å². The Morgan fingerprint density at radius 3 is 2.65 bits per heavy atom. The first kappa shape index (κ1) is 12.6. The van der Waals surface area contributed by atoms with Gasteiger partial charge in [-0.1, -0.05) is 19.0 Å². The van der Waals surface area contributed by atoms with Crippen LogP contribution in [0.3, 0.4) is 0 Å². The third kappa shape index (κ3) is 3.53. The highest BCUT2D eigenvalue weighted by atomic mass is 16.5. The summed E-state index contributed by atoms with van der Waals surface area (Å²) in [5, 5.41) is 13.5. The summed E-state index contributed by atoms with van der Waals surface area (Å²) in [6.45, 7) is 4.40.